The van der Waals surface area contributed by atoms with Crippen molar-refractivity contribution in [3.63, 3.8) is 0 Å². The molecule has 40 heavy (non-hydrogen) atoms. The average molecular weight is 561 g/mol. The van der Waals surface area contributed by atoms with E-state index in [1.54, 1.807) is 11.3 Å². The molecule has 0 spiro atoms. The summed E-state index contributed by atoms with van der Waals surface area (Å²) in [6.45, 7) is 4.76. The number of nitrogens with zero attached hydrogens (tertiary/aromatic N) is 5. The van der Waals surface area contributed by atoms with Crippen molar-refractivity contribution in [1.29, 1.82) is 0 Å². The molecule has 0 bridgehead atoms. The predicted octanol–water partition coefficient (Wildman–Crippen LogP) is 5.01. The van der Waals surface area contributed by atoms with Crippen LogP contribution in [0.25, 0.3) is 10.4 Å². The minimum Gasteiger partial charge on any atom is -0.470 e. The number of benzene rings is 2. The van der Waals surface area contributed by atoms with E-state index in [-0.39, 0.29) is 17.9 Å². The number of para-hydroxylation sites is 1. The van der Waals surface area contributed by atoms with Gasteiger partial charge in [0.1, 0.15) is 6.10 Å². The van der Waals surface area contributed by atoms with Gasteiger partial charge in [-0.1, -0.05) is 35.6 Å². The van der Waals surface area contributed by atoms with Crippen molar-refractivity contribution in [2.24, 2.45) is 0 Å². The van der Waals surface area contributed by atoms with Crippen LogP contribution in [0, 0.1) is 12.7 Å². The van der Waals surface area contributed by atoms with E-state index in [9.17, 15) is 9.18 Å². The summed E-state index contributed by atoms with van der Waals surface area (Å²) < 4.78 is 25.9. The highest BCUT2D eigenvalue weighted by Gasteiger charge is 2.24. The van der Waals surface area contributed by atoms with Crippen molar-refractivity contribution in [3.05, 3.63) is 72.3 Å². The van der Waals surface area contributed by atoms with Gasteiger partial charge in [0.15, 0.2) is 5.13 Å². The van der Waals surface area contributed by atoms with Crippen LogP contribution < -0.4 is 19.9 Å². The van der Waals surface area contributed by atoms with Gasteiger partial charge in [0.2, 0.25) is 17.7 Å². The third-order valence-electron chi connectivity index (χ3n) is 6.71. The largest absolute Gasteiger partial charge is 0.470 e. The third-order valence-corrected chi connectivity index (χ3v) is 7.82. The molecule has 2 aliphatic heterocycles. The van der Waals surface area contributed by atoms with E-state index < -0.39 is 5.82 Å². The molecule has 2 saturated heterocycles. The molecule has 2 fully saturated rings. The first kappa shape index (κ1) is 26.1. The van der Waals surface area contributed by atoms with E-state index in [0.29, 0.717) is 38.7 Å². The molecule has 4 aromatic rings. The van der Waals surface area contributed by atoms with Gasteiger partial charge >= 0.3 is 0 Å². The number of ether oxygens (including phenoxy) is 2. The molecule has 0 aliphatic carbocycles. The van der Waals surface area contributed by atoms with Crippen LogP contribution in [0.2, 0.25) is 0 Å². The first-order chi connectivity index (χ1) is 19.5. The number of carbonyl (C=O) groups is 1. The van der Waals surface area contributed by atoms with Gasteiger partial charge in [0.25, 0.3) is 5.88 Å². The zero-order valence-corrected chi connectivity index (χ0v) is 22.9. The zero-order valence-electron chi connectivity index (χ0n) is 22.0. The summed E-state index contributed by atoms with van der Waals surface area (Å²) in [6, 6.07) is 15.9. The zero-order chi connectivity index (χ0) is 27.5. The predicted molar refractivity (Wildman–Crippen MR) is 152 cm³/mol. The second kappa shape index (κ2) is 11.6. The molecule has 0 radical (unpaired) electrons. The molecule has 206 valence electrons. The molecule has 2 aromatic carbocycles. The molecule has 1 unspecified atom stereocenters. The van der Waals surface area contributed by atoms with E-state index in [0.717, 1.165) is 51.7 Å². The van der Waals surface area contributed by atoms with Crippen LogP contribution in [0.3, 0.4) is 0 Å². The van der Waals surface area contributed by atoms with Gasteiger partial charge in [0, 0.05) is 31.4 Å². The first-order valence-corrected chi connectivity index (χ1v) is 14.1. The Morgan fingerprint density at radius 1 is 1.15 bits per heavy atom. The number of aromatic nitrogens is 3. The number of hydrogen-bond acceptors (Lipinski definition) is 9. The first-order valence-electron chi connectivity index (χ1n) is 13.2. The molecular weight excluding hydrogens is 531 g/mol. The Hall–Kier alpha value is -4.09. The van der Waals surface area contributed by atoms with Crippen LogP contribution in [-0.2, 0) is 9.53 Å². The van der Waals surface area contributed by atoms with Crippen molar-refractivity contribution in [2.75, 3.05) is 42.6 Å². The maximum atomic E-state index is 14.7. The van der Waals surface area contributed by atoms with Gasteiger partial charge in [-0.25, -0.2) is 9.97 Å². The topological polar surface area (TPSA) is 92.7 Å². The molecule has 9 nitrogen and oxygen atoms in total. The second-order valence-corrected chi connectivity index (χ2v) is 10.8. The Morgan fingerprint density at radius 2 is 2.02 bits per heavy atom. The number of nitrogens with one attached hydrogen (secondary N) is 1. The Kier molecular flexibility index (Phi) is 7.56. The maximum Gasteiger partial charge on any atom is 0.255 e. The summed E-state index contributed by atoms with van der Waals surface area (Å²) >= 11 is 1.55. The van der Waals surface area contributed by atoms with Gasteiger partial charge < -0.3 is 19.7 Å². The van der Waals surface area contributed by atoms with Gasteiger partial charge in [-0.05, 0) is 48.7 Å². The summed E-state index contributed by atoms with van der Waals surface area (Å²) in [7, 11) is 0. The molecular formula is C29H29FN6O3S. The number of halogens is 1. The van der Waals surface area contributed by atoms with Crippen molar-refractivity contribution in [2.45, 2.75) is 25.9 Å². The number of amides is 1. The monoisotopic (exact) mass is 560 g/mol. The number of thiazole rings is 1. The molecule has 1 atom stereocenters. The molecule has 4 heterocycles. The van der Waals surface area contributed by atoms with Crippen molar-refractivity contribution in [3.8, 4) is 16.3 Å². The SMILES string of the molecule is Cc1cc(-c2cnc(N3CCCNC(=O)C3)s2)cc(N(c2ccccc2)c2ncc(F)c(OC3CCOC3)n2)c1. The van der Waals surface area contributed by atoms with E-state index in [1.165, 1.54) is 0 Å². The standard InChI is InChI=1S/C29H29FN6O3S/c1-19-12-20(25-16-33-29(40-25)35-10-5-9-31-26(37)17-35)14-22(13-19)36(21-6-3-2-4-7-21)28-32-15-24(30)27(34-28)39-23-8-11-38-18-23/h2-4,6-7,12-16,23H,5,8-11,17-18H2,1H3,(H,31,37). The van der Waals surface area contributed by atoms with Crippen LogP contribution in [0.4, 0.5) is 26.8 Å². The Labute approximate surface area is 235 Å². The van der Waals surface area contributed by atoms with Crippen LogP contribution in [0.1, 0.15) is 18.4 Å². The fourth-order valence-electron chi connectivity index (χ4n) is 4.80. The van der Waals surface area contributed by atoms with Gasteiger partial charge in [-0.3, -0.25) is 9.69 Å². The smallest absolute Gasteiger partial charge is 0.255 e. The van der Waals surface area contributed by atoms with Crippen LogP contribution in [-0.4, -0.2) is 59.8 Å². The quantitative estimate of drug-likeness (QED) is 0.337. The minimum atomic E-state index is -0.618. The lowest BCUT2D eigenvalue weighted by Gasteiger charge is -2.24. The summed E-state index contributed by atoms with van der Waals surface area (Å²) in [5, 5.41) is 3.72. The fraction of sp³-hybridized carbons (Fsp3) is 0.310. The van der Waals surface area contributed by atoms with E-state index in [4.69, 9.17) is 9.47 Å². The molecule has 6 rings (SSSR count). The highest BCUT2D eigenvalue weighted by Crippen LogP contribution is 2.39. The van der Waals surface area contributed by atoms with Gasteiger partial charge in [-0.15, -0.1) is 0 Å². The van der Waals surface area contributed by atoms with Crippen LogP contribution in [0.5, 0.6) is 5.88 Å². The average Bonchev–Trinajstić information content (AvgIpc) is 3.61. The highest BCUT2D eigenvalue weighted by molar-refractivity contribution is 7.18. The Bertz CT molecular complexity index is 1490. The lowest BCUT2D eigenvalue weighted by molar-refractivity contribution is -0.119. The van der Waals surface area contributed by atoms with Crippen molar-refractivity contribution in [1.82, 2.24) is 20.3 Å². The van der Waals surface area contributed by atoms with Crippen LogP contribution in [0.15, 0.2) is 60.9 Å². The Morgan fingerprint density at radius 3 is 2.85 bits per heavy atom. The maximum absolute atomic E-state index is 14.7. The normalized spacial score (nSPS) is 17.4. The van der Waals surface area contributed by atoms with E-state index in [2.05, 4.69) is 26.3 Å². The fourth-order valence-corrected chi connectivity index (χ4v) is 5.73. The molecule has 1 N–H and O–H groups in total. The van der Waals surface area contributed by atoms with Gasteiger partial charge in [-0.2, -0.15) is 9.37 Å². The van der Waals surface area contributed by atoms with Crippen molar-refractivity contribution >= 4 is 39.7 Å². The summed E-state index contributed by atoms with van der Waals surface area (Å²) in [6.07, 6.45) is 4.30. The van der Waals surface area contributed by atoms with Crippen molar-refractivity contribution < 1.29 is 18.7 Å². The summed E-state index contributed by atoms with van der Waals surface area (Å²) in [4.78, 5) is 30.5. The number of aryl methyl sites for hydroxylation is 1. The molecule has 1 amide bonds. The molecule has 0 saturated carbocycles. The number of anilines is 4. The lowest BCUT2D eigenvalue weighted by Crippen LogP contribution is -2.32. The second-order valence-electron chi connectivity index (χ2n) is 9.79. The molecule has 2 aromatic heterocycles. The molecule has 11 heteroatoms. The number of rotatable bonds is 7. The van der Waals surface area contributed by atoms with E-state index in [1.807, 2.05) is 65.4 Å². The summed E-state index contributed by atoms with van der Waals surface area (Å²) in [5.74, 6) is -0.414. The van der Waals surface area contributed by atoms with E-state index >= 15 is 0 Å². The Balaban J connectivity index is 1.37. The summed E-state index contributed by atoms with van der Waals surface area (Å²) in [5.41, 5.74) is 3.63. The highest BCUT2D eigenvalue weighted by atomic mass is 32.1. The third kappa shape index (κ3) is 5.75. The minimum absolute atomic E-state index is 0.00805. The van der Waals surface area contributed by atoms with Crippen LogP contribution >= 0.6 is 11.3 Å². The number of hydrogen-bond donors (Lipinski definition) is 1. The lowest BCUT2D eigenvalue weighted by atomic mass is 10.1. The number of carbonyl (C=O) groups excluding carboxylic acids is 1. The van der Waals surface area contributed by atoms with Gasteiger partial charge in [0.05, 0.1) is 36.5 Å². The molecule has 2 aliphatic rings.